The lowest BCUT2D eigenvalue weighted by Crippen LogP contribution is -2.77. The lowest BCUT2D eigenvalue weighted by Gasteiger charge is -2.72. The molecule has 0 N–H and O–H groups in total. The van der Waals surface area contributed by atoms with Crippen molar-refractivity contribution in [1.29, 1.82) is 0 Å². The van der Waals surface area contributed by atoms with Gasteiger partial charge in [0.1, 0.15) is 0 Å². The maximum Gasteiger partial charge on any atom is 0.438 e. The molecule has 4 aromatic carbocycles. The second-order valence-corrected chi connectivity index (χ2v) is 22.8. The fraction of sp³-hybridized carbons (Fsp3) is 0.567. The molecular formula is C60H80N2O6. The average Bonchev–Trinajstić information content (AvgIpc) is 3.33. The lowest BCUT2D eigenvalue weighted by molar-refractivity contribution is -0.339. The molecular weight excluding hydrogens is 845 g/mol. The highest BCUT2D eigenvalue weighted by atomic mass is 16.8. The summed E-state index contributed by atoms with van der Waals surface area (Å²) in [5.74, 6) is -1.01. The molecule has 8 nitrogen and oxygen atoms in total. The number of carbonyl (C=O) groups excluding carboxylic acids is 2. The number of rotatable bonds is 16. The molecule has 2 saturated heterocycles. The number of hydrogen-bond acceptors (Lipinski definition) is 8. The average molecular weight is 925 g/mol. The van der Waals surface area contributed by atoms with Crippen molar-refractivity contribution in [2.75, 3.05) is 27.3 Å². The van der Waals surface area contributed by atoms with E-state index in [-0.39, 0.29) is 34.9 Å². The zero-order valence-corrected chi connectivity index (χ0v) is 42.8. The van der Waals surface area contributed by atoms with Gasteiger partial charge in [-0.3, -0.25) is 0 Å². The molecule has 8 heteroatoms. The summed E-state index contributed by atoms with van der Waals surface area (Å²) in [6.45, 7) is 19.7. The summed E-state index contributed by atoms with van der Waals surface area (Å²) in [6, 6.07) is 43.3. The minimum absolute atomic E-state index is 0.0904. The monoisotopic (exact) mass is 925 g/mol. The van der Waals surface area contributed by atoms with Crippen molar-refractivity contribution in [3.05, 3.63) is 144 Å². The lowest BCUT2D eigenvalue weighted by atomic mass is 9.38. The van der Waals surface area contributed by atoms with Gasteiger partial charge in [-0.05, 0) is 146 Å². The van der Waals surface area contributed by atoms with Crippen LogP contribution in [0.15, 0.2) is 121 Å². The number of hydroxylamine groups is 4. The number of carbonyl (C=O) groups is 2. The summed E-state index contributed by atoms with van der Waals surface area (Å²) in [7, 11) is 3.52. The van der Waals surface area contributed by atoms with Crippen molar-refractivity contribution in [2.45, 2.75) is 143 Å². The molecule has 2 unspecified atom stereocenters. The highest BCUT2D eigenvalue weighted by Gasteiger charge is 2.72. The molecule has 0 radical (unpaired) electrons. The van der Waals surface area contributed by atoms with Crippen LogP contribution in [0.5, 0.6) is 0 Å². The van der Waals surface area contributed by atoms with E-state index in [1.807, 2.05) is 10.1 Å². The molecule has 4 fully saturated rings. The molecule has 8 rings (SSSR count). The van der Waals surface area contributed by atoms with Crippen LogP contribution < -0.4 is 0 Å². The first-order valence-corrected chi connectivity index (χ1v) is 25.7. The molecule has 4 bridgehead atoms. The van der Waals surface area contributed by atoms with Gasteiger partial charge in [-0.25, -0.2) is 9.59 Å². The van der Waals surface area contributed by atoms with Crippen molar-refractivity contribution in [2.24, 2.45) is 45.3 Å². The molecule has 0 spiro atoms. The molecule has 0 amide bonds. The Morgan fingerprint density at radius 3 is 1.15 bits per heavy atom. The summed E-state index contributed by atoms with van der Waals surface area (Å²) >= 11 is 0. The van der Waals surface area contributed by atoms with Gasteiger partial charge in [0, 0.05) is 27.3 Å². The number of fused-ring (bicyclic) bond motifs is 4. The van der Waals surface area contributed by atoms with Gasteiger partial charge in [0.15, 0.2) is 0 Å². The molecule has 2 saturated carbocycles. The van der Waals surface area contributed by atoms with Crippen LogP contribution in [0.1, 0.15) is 116 Å². The van der Waals surface area contributed by atoms with Gasteiger partial charge in [0.05, 0.1) is 23.3 Å². The summed E-state index contributed by atoms with van der Waals surface area (Å²) < 4.78 is 12.1. The van der Waals surface area contributed by atoms with Gasteiger partial charge in [-0.2, -0.15) is 0 Å². The van der Waals surface area contributed by atoms with Crippen LogP contribution in [0.3, 0.4) is 0 Å². The van der Waals surface area contributed by atoms with Crippen LogP contribution >= 0.6 is 0 Å². The Morgan fingerprint density at radius 2 is 0.838 bits per heavy atom. The molecule has 4 aliphatic rings. The number of methoxy groups -OCH3 is 2. The Kier molecular flexibility index (Phi) is 14.6. The Labute approximate surface area is 408 Å². The number of ether oxygens (including phenoxy) is 2. The number of nitrogens with zero attached hydrogens (tertiary/aromatic N) is 2. The quantitative estimate of drug-likeness (QED) is 0.103. The highest BCUT2D eigenvalue weighted by Crippen LogP contribution is 2.70. The second kappa shape index (κ2) is 19.8. The Morgan fingerprint density at radius 1 is 0.529 bits per heavy atom. The molecule has 4 aromatic rings. The van der Waals surface area contributed by atoms with Crippen molar-refractivity contribution >= 4 is 11.9 Å². The topological polar surface area (TPSA) is 77.5 Å². The molecule has 366 valence electrons. The zero-order chi connectivity index (χ0) is 48.5. The first-order chi connectivity index (χ1) is 32.5. The van der Waals surface area contributed by atoms with Crippen LogP contribution in [-0.4, -0.2) is 72.7 Å². The van der Waals surface area contributed by atoms with Crippen LogP contribution in [0.2, 0.25) is 0 Å². The Balaban J connectivity index is 1.18. The molecule has 2 aliphatic carbocycles. The van der Waals surface area contributed by atoms with E-state index >= 15 is 0 Å². The van der Waals surface area contributed by atoms with E-state index in [4.69, 9.17) is 19.1 Å². The van der Waals surface area contributed by atoms with Gasteiger partial charge in [-0.15, -0.1) is 10.1 Å². The van der Waals surface area contributed by atoms with Gasteiger partial charge >= 0.3 is 11.9 Å². The minimum Gasteiger partial charge on any atom is -0.382 e. The van der Waals surface area contributed by atoms with E-state index in [1.54, 1.807) is 14.2 Å². The molecule has 0 aromatic heterocycles. The van der Waals surface area contributed by atoms with Crippen molar-refractivity contribution < 1.29 is 28.7 Å². The maximum absolute atomic E-state index is 15.0. The highest BCUT2D eigenvalue weighted by molar-refractivity contribution is 6.29. The smallest absolute Gasteiger partial charge is 0.382 e. The van der Waals surface area contributed by atoms with Gasteiger partial charge < -0.3 is 19.1 Å². The maximum atomic E-state index is 15.0. The predicted octanol–water partition coefficient (Wildman–Crippen LogP) is 11.9. The summed E-state index contributed by atoms with van der Waals surface area (Å²) in [5, 5.41) is 3.90. The van der Waals surface area contributed by atoms with Gasteiger partial charge in [0.2, 0.25) is 0 Å². The third kappa shape index (κ3) is 8.47. The third-order valence-corrected chi connectivity index (χ3v) is 19.5. The standard InChI is InChI=1S/C60H80N2O6/c1-43-31-33-57(37-45(3)65-9)55(5,6)59(43,39-49-27-19-13-20-28-49)51(35-47-23-15-11-16-24-47)41-61(57)67-53(63)54(64)68-62-42-52(36-48-25-17-12-18-26-48)60(40-50-29-21-14-22-30-50)44(2)32-34-58(62,56(60,7)8)38-46(4)66-10/h11-30,43-46,51-52H,31-42H2,1-10H3/t43-,44-,45?,46?,51+,52+,57-,58-,59-,60-/m1/s1. The van der Waals surface area contributed by atoms with Crippen LogP contribution in [0.4, 0.5) is 0 Å². The molecule has 10 atom stereocenters. The van der Waals surface area contributed by atoms with Crippen LogP contribution in [-0.2, 0) is 54.4 Å². The van der Waals surface area contributed by atoms with Crippen LogP contribution in [0, 0.1) is 45.3 Å². The minimum atomic E-state index is -0.976. The Hall–Kier alpha value is -4.34. The van der Waals surface area contributed by atoms with E-state index < -0.39 is 33.8 Å². The van der Waals surface area contributed by atoms with E-state index in [0.29, 0.717) is 37.8 Å². The summed E-state index contributed by atoms with van der Waals surface area (Å²) in [6.07, 6.45) is 7.94. The predicted molar refractivity (Wildman–Crippen MR) is 270 cm³/mol. The van der Waals surface area contributed by atoms with E-state index in [2.05, 4.69) is 177 Å². The Bertz CT molecular complexity index is 2140. The van der Waals surface area contributed by atoms with E-state index in [9.17, 15) is 9.59 Å². The summed E-state index contributed by atoms with van der Waals surface area (Å²) in [5.41, 5.74) is 2.71. The third-order valence-electron chi connectivity index (χ3n) is 19.5. The van der Waals surface area contributed by atoms with Gasteiger partial charge in [0.25, 0.3) is 0 Å². The summed E-state index contributed by atoms with van der Waals surface area (Å²) in [4.78, 5) is 43.4. The number of piperidine rings is 2. The van der Waals surface area contributed by atoms with Crippen molar-refractivity contribution in [3.63, 3.8) is 0 Å². The normalized spacial score (nSPS) is 31.9. The molecule has 2 heterocycles. The second-order valence-electron chi connectivity index (χ2n) is 22.8. The van der Waals surface area contributed by atoms with Crippen molar-refractivity contribution in [3.8, 4) is 0 Å². The first kappa shape index (κ1) is 50.1. The molecule has 2 aliphatic heterocycles. The first-order valence-electron chi connectivity index (χ1n) is 25.7. The number of hydrogen-bond donors (Lipinski definition) is 0. The SMILES string of the molecule is COC(C)C[C@@]12CC[C@@H](C)[C@](Cc3ccccc3)([C@@H](Cc3ccccc3)CN1OC(=O)C(=O)ON1C[C@H](Cc3ccccc3)[C@@]3(Cc4ccccc4)[C@H](C)CC[C@@]1(CC(C)OC)C3(C)C)C2(C)C. The largest absolute Gasteiger partial charge is 0.438 e. The zero-order valence-electron chi connectivity index (χ0n) is 42.8. The van der Waals surface area contributed by atoms with E-state index in [1.165, 1.54) is 22.3 Å². The number of benzene rings is 4. The van der Waals surface area contributed by atoms with Crippen LogP contribution in [0.25, 0.3) is 0 Å². The fourth-order valence-electron chi connectivity index (χ4n) is 15.7. The molecule has 68 heavy (non-hydrogen) atoms. The fourth-order valence-corrected chi connectivity index (χ4v) is 15.7. The van der Waals surface area contributed by atoms with Gasteiger partial charge in [-0.1, -0.05) is 163 Å². The van der Waals surface area contributed by atoms with E-state index in [0.717, 1.165) is 51.4 Å². The van der Waals surface area contributed by atoms with Crippen molar-refractivity contribution in [1.82, 2.24) is 10.1 Å².